The molecule has 1 fully saturated rings. The molecule has 0 bridgehead atoms. The normalized spacial score (nSPS) is 30.0. The molecular formula is C15H14Cl2N4O4. The molecule has 8 nitrogen and oxygen atoms in total. The van der Waals surface area contributed by atoms with Crippen LogP contribution in [0.2, 0.25) is 0 Å². The number of aromatic amines is 1. The van der Waals surface area contributed by atoms with Gasteiger partial charge in [0.05, 0.1) is 5.39 Å². The van der Waals surface area contributed by atoms with Crippen LogP contribution < -0.4 is 11.3 Å². The lowest BCUT2D eigenvalue weighted by molar-refractivity contribution is -0.0661. The maximum Gasteiger partial charge on any atom is 0.261 e. The summed E-state index contributed by atoms with van der Waals surface area (Å²) in [6.45, 7) is 3.47. The third-order valence-corrected chi connectivity index (χ3v) is 4.66. The Labute approximate surface area is 151 Å². The van der Waals surface area contributed by atoms with Gasteiger partial charge in [0, 0.05) is 11.6 Å². The number of nitrogens with one attached hydrogen (secondary N) is 1. The van der Waals surface area contributed by atoms with Crippen LogP contribution in [0.3, 0.4) is 0 Å². The van der Waals surface area contributed by atoms with E-state index in [4.69, 9.17) is 33.7 Å². The maximum atomic E-state index is 12.0. The van der Waals surface area contributed by atoms with Crippen molar-refractivity contribution in [3.8, 4) is 11.3 Å². The first-order valence-corrected chi connectivity index (χ1v) is 7.91. The van der Waals surface area contributed by atoms with Crippen LogP contribution in [0.5, 0.6) is 0 Å². The Kier molecular flexibility index (Phi) is 4.53. The number of rotatable bonds is 3. The smallest absolute Gasteiger partial charge is 0.261 e. The molecule has 2 aromatic heterocycles. The van der Waals surface area contributed by atoms with E-state index in [1.807, 2.05) is 0 Å². The van der Waals surface area contributed by atoms with Crippen LogP contribution in [-0.2, 0) is 4.74 Å². The van der Waals surface area contributed by atoms with E-state index in [9.17, 15) is 15.0 Å². The minimum atomic E-state index is -1.69. The largest absolute Gasteiger partial charge is 0.387 e. The minimum absolute atomic E-state index is 0.0951. The first-order valence-electron chi connectivity index (χ1n) is 7.15. The lowest BCUT2D eigenvalue weighted by Gasteiger charge is -2.25. The molecule has 0 radical (unpaired) electrons. The number of aliphatic hydroxyl groups excluding tert-OH is 2. The molecule has 1 aliphatic heterocycles. The van der Waals surface area contributed by atoms with E-state index in [1.165, 1.54) is 22.9 Å². The fraction of sp³-hybridized carbons (Fsp3) is 0.333. The molecule has 5 atom stereocenters. The lowest BCUT2D eigenvalue weighted by atomic mass is 9.96. The van der Waals surface area contributed by atoms with Crippen molar-refractivity contribution in [2.45, 2.75) is 29.4 Å². The van der Waals surface area contributed by atoms with Gasteiger partial charge in [-0.2, -0.15) is 4.98 Å². The highest BCUT2D eigenvalue weighted by atomic mass is 35.5. The van der Waals surface area contributed by atoms with Crippen molar-refractivity contribution in [3.63, 3.8) is 0 Å². The Morgan fingerprint density at radius 3 is 3.00 bits per heavy atom. The number of hydrogen-bond donors (Lipinski definition) is 4. The molecule has 0 spiro atoms. The number of H-pyrrole nitrogens is 1. The summed E-state index contributed by atoms with van der Waals surface area (Å²) in [7, 11) is 0. The third-order valence-electron chi connectivity index (χ3n) is 4.06. The molecule has 2 aromatic rings. The van der Waals surface area contributed by atoms with Gasteiger partial charge in [0.25, 0.3) is 5.56 Å². The molecule has 25 heavy (non-hydrogen) atoms. The van der Waals surface area contributed by atoms with Crippen molar-refractivity contribution in [2.24, 2.45) is 0 Å². The third kappa shape index (κ3) is 2.70. The van der Waals surface area contributed by atoms with Gasteiger partial charge in [0.2, 0.25) is 5.95 Å². The van der Waals surface area contributed by atoms with Crippen LogP contribution >= 0.6 is 23.2 Å². The molecule has 132 valence electrons. The average molecular weight is 385 g/mol. The topological polar surface area (TPSA) is 126 Å². The van der Waals surface area contributed by atoms with Crippen molar-refractivity contribution < 1.29 is 14.9 Å². The highest BCUT2D eigenvalue weighted by Crippen LogP contribution is 2.45. The summed E-state index contributed by atoms with van der Waals surface area (Å²) < 4.78 is 7.14. The Balaban J connectivity index is 2.19. The number of fused-ring (bicyclic) bond motifs is 1. The van der Waals surface area contributed by atoms with E-state index < -0.39 is 35.0 Å². The summed E-state index contributed by atoms with van der Waals surface area (Å²) in [5, 5.41) is 22.9. The van der Waals surface area contributed by atoms with Gasteiger partial charge in [-0.15, -0.1) is 6.58 Å². The number of nitrogens with zero attached hydrogens (tertiary/aromatic N) is 2. The molecule has 0 saturated carbocycles. The monoisotopic (exact) mass is 384 g/mol. The maximum absolute atomic E-state index is 12.0. The van der Waals surface area contributed by atoms with Gasteiger partial charge < -0.3 is 25.3 Å². The number of nitrogens with two attached hydrogens (primary N) is 1. The Hall–Kier alpha value is -2.02. The Bertz CT molecular complexity index is 946. The summed E-state index contributed by atoms with van der Waals surface area (Å²) >= 11 is 12.0. The molecule has 3 heterocycles. The fourth-order valence-corrected chi connectivity index (χ4v) is 3.37. The lowest BCUT2D eigenvalue weighted by Crippen LogP contribution is -2.43. The SMILES string of the molecule is C=C[C@@H](O)[C@H]1O[C@@H](n2ccc3c(=O)[nH]c(N)nc32)C(Cl)(C#CCl)C1O. The highest BCUT2D eigenvalue weighted by Gasteiger charge is 2.57. The van der Waals surface area contributed by atoms with Gasteiger partial charge >= 0.3 is 0 Å². The molecule has 10 heteroatoms. The summed E-state index contributed by atoms with van der Waals surface area (Å²) in [5.41, 5.74) is 5.35. The van der Waals surface area contributed by atoms with Crippen molar-refractivity contribution in [1.82, 2.24) is 14.5 Å². The molecule has 3 rings (SSSR count). The second-order valence-electron chi connectivity index (χ2n) is 5.52. The van der Waals surface area contributed by atoms with Gasteiger partial charge in [0.1, 0.15) is 18.3 Å². The predicted octanol–water partition coefficient (Wildman–Crippen LogP) is 0.289. The number of hydrogen-bond acceptors (Lipinski definition) is 6. The van der Waals surface area contributed by atoms with E-state index in [0.29, 0.717) is 0 Å². The number of nitrogen functional groups attached to an aromatic ring is 1. The van der Waals surface area contributed by atoms with Gasteiger partial charge in [-0.3, -0.25) is 9.78 Å². The van der Waals surface area contributed by atoms with Crippen LogP contribution in [-0.4, -0.2) is 47.9 Å². The first kappa shape index (κ1) is 17.8. The summed E-state index contributed by atoms with van der Waals surface area (Å²) in [6, 6.07) is 1.50. The molecule has 5 N–H and O–H groups in total. The van der Waals surface area contributed by atoms with Gasteiger partial charge in [0.15, 0.2) is 16.7 Å². The van der Waals surface area contributed by atoms with Gasteiger partial charge in [-0.05, 0) is 17.7 Å². The van der Waals surface area contributed by atoms with Gasteiger partial charge in [-0.25, -0.2) is 0 Å². The van der Waals surface area contributed by atoms with E-state index >= 15 is 0 Å². The highest BCUT2D eigenvalue weighted by molar-refractivity contribution is 6.32. The zero-order chi connectivity index (χ0) is 18.4. The van der Waals surface area contributed by atoms with Gasteiger partial charge in [-0.1, -0.05) is 23.6 Å². The van der Waals surface area contributed by atoms with E-state index in [0.717, 1.165) is 0 Å². The average Bonchev–Trinajstić information content (AvgIpc) is 3.08. The minimum Gasteiger partial charge on any atom is -0.387 e. The van der Waals surface area contributed by atoms with Crippen molar-refractivity contribution in [1.29, 1.82) is 0 Å². The second-order valence-corrected chi connectivity index (χ2v) is 6.34. The summed E-state index contributed by atoms with van der Waals surface area (Å²) in [4.78, 5) is 16.8. The van der Waals surface area contributed by atoms with Crippen molar-refractivity contribution in [3.05, 3.63) is 35.3 Å². The zero-order valence-corrected chi connectivity index (χ0v) is 14.2. The van der Waals surface area contributed by atoms with E-state index in [-0.39, 0.29) is 17.0 Å². The standard InChI is InChI=1S/C15H14Cl2N4O4/c1-2-8(22)9-10(23)15(17,4-5-16)13(25-9)21-6-3-7-11(21)19-14(18)20-12(7)24/h2-3,6,8-10,13,22-23H,1H2,(H3,18,19,20,24)/t8-,9-,10?,13-,15?/m1/s1. The summed E-state index contributed by atoms with van der Waals surface area (Å²) in [6.07, 6.45) is -2.08. The van der Waals surface area contributed by atoms with Crippen LogP contribution in [0.15, 0.2) is 29.7 Å². The first-order chi connectivity index (χ1) is 11.8. The second kappa shape index (κ2) is 6.37. The number of anilines is 1. The molecule has 2 unspecified atom stereocenters. The van der Waals surface area contributed by atoms with Crippen molar-refractivity contribution >= 4 is 40.2 Å². The predicted molar refractivity (Wildman–Crippen MR) is 93.1 cm³/mol. The Morgan fingerprint density at radius 2 is 2.36 bits per heavy atom. The van der Waals surface area contributed by atoms with Crippen LogP contribution in [0, 0.1) is 11.3 Å². The van der Waals surface area contributed by atoms with Crippen LogP contribution in [0.4, 0.5) is 5.95 Å². The van der Waals surface area contributed by atoms with E-state index in [2.05, 4.69) is 27.8 Å². The van der Waals surface area contributed by atoms with Crippen molar-refractivity contribution in [2.75, 3.05) is 5.73 Å². The quantitative estimate of drug-likeness (QED) is 0.342. The van der Waals surface area contributed by atoms with Crippen LogP contribution in [0.25, 0.3) is 11.0 Å². The molecule has 0 aromatic carbocycles. The molecular weight excluding hydrogens is 371 g/mol. The number of aliphatic hydroxyl groups is 2. The molecule has 1 saturated heterocycles. The molecule has 0 aliphatic carbocycles. The summed E-state index contributed by atoms with van der Waals surface area (Å²) in [5.74, 6) is 2.41. The number of alkyl halides is 1. The van der Waals surface area contributed by atoms with Crippen LogP contribution in [0.1, 0.15) is 6.23 Å². The zero-order valence-electron chi connectivity index (χ0n) is 12.7. The van der Waals surface area contributed by atoms with E-state index in [1.54, 1.807) is 0 Å². The number of ether oxygens (including phenoxy) is 1. The fourth-order valence-electron chi connectivity index (χ4n) is 2.83. The Morgan fingerprint density at radius 1 is 1.64 bits per heavy atom. The number of halogens is 2. The number of aromatic nitrogens is 3. The molecule has 0 amide bonds. The molecule has 1 aliphatic rings.